The van der Waals surface area contributed by atoms with Gasteiger partial charge in [-0.05, 0) is 97.2 Å². The van der Waals surface area contributed by atoms with Gasteiger partial charge in [0.2, 0.25) is 5.91 Å². The number of hydrogen-bond acceptors (Lipinski definition) is 3. The molecule has 0 aromatic heterocycles. The molecular weight excluding hydrogens is 494 g/mol. The minimum absolute atomic E-state index is 0.0373. The Labute approximate surface area is 230 Å². The standard InChI is InChI=1S/C33H34F2N2O2/c1-21(38)4-5-23-15-28(34)19-30(16-23)37(33(39)31-17-22-6-7-26(31)14-22)20-27-9-8-25(18-32(27)35)24-10-12-29(13-11-24)36(2)3/h4-5,8-13,15-16,18-19,22,26,31H,6-7,14,17,20H2,1-3H3/b5-4+/t22-,26+,31+/m0/s1/i20D/t20-,22-,26+,31+. The summed E-state index contributed by atoms with van der Waals surface area (Å²) >= 11 is 0. The average molecular weight is 530 g/mol. The van der Waals surface area contributed by atoms with Crippen LogP contribution in [-0.4, -0.2) is 25.8 Å². The molecule has 3 aromatic carbocycles. The van der Waals surface area contributed by atoms with E-state index < -0.39 is 18.2 Å². The summed E-state index contributed by atoms with van der Waals surface area (Å²) < 4.78 is 39.5. The molecule has 4 atom stereocenters. The van der Waals surface area contributed by atoms with Crippen LogP contribution in [-0.2, 0) is 16.1 Å². The fourth-order valence-corrected chi connectivity index (χ4v) is 5.94. The van der Waals surface area contributed by atoms with E-state index in [0.29, 0.717) is 17.0 Å². The summed E-state index contributed by atoms with van der Waals surface area (Å²) in [5.74, 6) is -1.23. The van der Waals surface area contributed by atoms with Crippen LogP contribution in [0.4, 0.5) is 20.2 Å². The van der Waals surface area contributed by atoms with Gasteiger partial charge in [-0.2, -0.15) is 0 Å². The Hall–Kier alpha value is -3.80. The van der Waals surface area contributed by atoms with Gasteiger partial charge in [-0.15, -0.1) is 0 Å². The number of anilines is 2. The van der Waals surface area contributed by atoms with Crippen molar-refractivity contribution in [3.8, 4) is 11.1 Å². The molecule has 0 aliphatic heterocycles. The molecular formula is C33H34F2N2O2. The van der Waals surface area contributed by atoms with Crippen LogP contribution in [0.3, 0.4) is 0 Å². The summed E-state index contributed by atoms with van der Waals surface area (Å²) in [6.45, 7) is -0.0203. The van der Waals surface area contributed by atoms with E-state index in [1.54, 1.807) is 18.2 Å². The highest BCUT2D eigenvalue weighted by Gasteiger charge is 2.44. The highest BCUT2D eigenvalue weighted by Crippen LogP contribution is 2.49. The Morgan fingerprint density at radius 2 is 1.69 bits per heavy atom. The molecule has 39 heavy (non-hydrogen) atoms. The fraction of sp³-hybridized carbons (Fsp3) is 0.333. The van der Waals surface area contributed by atoms with E-state index in [-0.39, 0.29) is 34.8 Å². The Kier molecular flexibility index (Phi) is 7.27. The topological polar surface area (TPSA) is 40.6 Å². The summed E-state index contributed by atoms with van der Waals surface area (Å²) in [6, 6.07) is 16.4. The smallest absolute Gasteiger partial charge is 0.230 e. The van der Waals surface area contributed by atoms with E-state index in [9.17, 15) is 14.0 Å². The summed E-state index contributed by atoms with van der Waals surface area (Å²) in [5, 5.41) is 0. The van der Waals surface area contributed by atoms with Gasteiger partial charge < -0.3 is 9.80 Å². The zero-order valence-electron chi connectivity index (χ0n) is 23.5. The van der Waals surface area contributed by atoms with Crippen molar-refractivity contribution >= 4 is 29.1 Å². The maximum Gasteiger partial charge on any atom is 0.230 e. The van der Waals surface area contributed by atoms with Crippen molar-refractivity contribution < 1.29 is 19.7 Å². The third kappa shape index (κ3) is 5.95. The lowest BCUT2D eigenvalue weighted by Crippen LogP contribution is -2.38. The molecule has 0 heterocycles. The zero-order chi connectivity index (χ0) is 28.6. The fourth-order valence-electron chi connectivity index (χ4n) is 5.94. The number of ketones is 1. The van der Waals surface area contributed by atoms with Gasteiger partial charge in [-0.3, -0.25) is 9.59 Å². The maximum absolute atomic E-state index is 15.6. The second-order valence-electron chi connectivity index (χ2n) is 11.0. The Balaban J connectivity index is 1.51. The van der Waals surface area contributed by atoms with Crippen LogP contribution in [0.5, 0.6) is 0 Å². The van der Waals surface area contributed by atoms with E-state index in [4.69, 9.17) is 1.37 Å². The largest absolute Gasteiger partial charge is 0.378 e. The first-order valence-electron chi connectivity index (χ1n) is 14.0. The molecule has 0 spiro atoms. The van der Waals surface area contributed by atoms with Crippen LogP contribution in [0.25, 0.3) is 17.2 Å². The zero-order valence-corrected chi connectivity index (χ0v) is 22.5. The number of carbonyl (C=O) groups excluding carboxylic acids is 2. The summed E-state index contributed by atoms with van der Waals surface area (Å²) in [7, 11) is 3.89. The third-order valence-corrected chi connectivity index (χ3v) is 7.97. The predicted molar refractivity (Wildman–Crippen MR) is 152 cm³/mol. The highest BCUT2D eigenvalue weighted by molar-refractivity contribution is 5.96. The lowest BCUT2D eigenvalue weighted by Gasteiger charge is -2.30. The number of carbonyl (C=O) groups is 2. The molecule has 5 rings (SSSR count). The van der Waals surface area contributed by atoms with Crippen molar-refractivity contribution in [1.29, 1.82) is 0 Å². The number of allylic oxidation sites excluding steroid dienone is 1. The van der Waals surface area contributed by atoms with Crippen molar-refractivity contribution in [1.82, 2.24) is 0 Å². The normalized spacial score (nSPS) is 21.2. The molecule has 2 aliphatic rings. The monoisotopic (exact) mass is 529 g/mol. The Morgan fingerprint density at radius 1 is 0.949 bits per heavy atom. The number of hydrogen-bond donors (Lipinski definition) is 0. The highest BCUT2D eigenvalue weighted by atomic mass is 19.1. The van der Waals surface area contributed by atoms with Crippen molar-refractivity contribution in [2.75, 3.05) is 23.9 Å². The van der Waals surface area contributed by atoms with Crippen LogP contribution in [0.15, 0.2) is 66.7 Å². The van der Waals surface area contributed by atoms with Crippen LogP contribution >= 0.6 is 0 Å². The van der Waals surface area contributed by atoms with Crippen LogP contribution in [0, 0.1) is 29.4 Å². The van der Waals surface area contributed by atoms with E-state index in [1.165, 1.54) is 42.2 Å². The quantitative estimate of drug-likeness (QED) is 0.288. The van der Waals surface area contributed by atoms with Crippen LogP contribution in [0.1, 0.15) is 45.1 Å². The average Bonchev–Trinajstić information content (AvgIpc) is 3.56. The molecule has 0 saturated heterocycles. The van der Waals surface area contributed by atoms with E-state index in [1.807, 2.05) is 43.3 Å². The SMILES string of the molecule is [2H][C@@H](c1ccc(-c2ccc(N(C)C)cc2)cc1F)N(C(=O)[C@@H]1C[C@H]2CC[C@@H]1C2)c1cc(F)cc(/C=C/C(C)=O)c1. The summed E-state index contributed by atoms with van der Waals surface area (Å²) in [6.07, 6.45) is 6.59. The summed E-state index contributed by atoms with van der Waals surface area (Å²) in [5.41, 5.74) is 3.12. The molecule has 2 fully saturated rings. The molecule has 2 saturated carbocycles. The first kappa shape index (κ1) is 25.5. The van der Waals surface area contributed by atoms with E-state index in [2.05, 4.69) is 0 Å². The molecule has 1 amide bonds. The number of nitrogens with zero attached hydrogens (tertiary/aromatic N) is 2. The van der Waals surface area contributed by atoms with E-state index >= 15 is 4.39 Å². The second kappa shape index (κ2) is 11.1. The van der Waals surface area contributed by atoms with Gasteiger partial charge in [0.15, 0.2) is 5.78 Å². The van der Waals surface area contributed by atoms with Gasteiger partial charge in [-0.1, -0.05) is 36.8 Å². The number of benzene rings is 3. The molecule has 0 N–H and O–H groups in total. The minimum Gasteiger partial charge on any atom is -0.378 e. The molecule has 2 bridgehead atoms. The number of halogens is 2. The van der Waals surface area contributed by atoms with Crippen LogP contribution in [0.2, 0.25) is 0 Å². The van der Waals surface area contributed by atoms with Gasteiger partial charge in [-0.25, -0.2) is 8.78 Å². The van der Waals surface area contributed by atoms with Crippen molar-refractivity contribution in [2.45, 2.75) is 39.1 Å². The van der Waals surface area contributed by atoms with Gasteiger partial charge in [0.1, 0.15) is 11.6 Å². The number of rotatable bonds is 8. The molecule has 6 heteroatoms. The van der Waals surface area contributed by atoms with Gasteiger partial charge in [0, 0.05) is 37.0 Å². The van der Waals surface area contributed by atoms with E-state index in [0.717, 1.165) is 36.9 Å². The Morgan fingerprint density at radius 3 is 2.31 bits per heavy atom. The molecule has 202 valence electrons. The molecule has 2 aliphatic carbocycles. The first-order valence-corrected chi connectivity index (χ1v) is 13.4. The third-order valence-electron chi connectivity index (χ3n) is 7.97. The second-order valence-corrected chi connectivity index (χ2v) is 11.0. The lowest BCUT2D eigenvalue weighted by atomic mass is 9.87. The first-order chi connectivity index (χ1) is 19.1. The van der Waals surface area contributed by atoms with Crippen molar-refractivity contribution in [3.05, 3.63) is 89.5 Å². The Bertz CT molecular complexity index is 1450. The predicted octanol–water partition coefficient (Wildman–Crippen LogP) is 7.27. The lowest BCUT2D eigenvalue weighted by molar-refractivity contribution is -0.124. The molecule has 0 radical (unpaired) electrons. The van der Waals surface area contributed by atoms with Gasteiger partial charge in [0.25, 0.3) is 0 Å². The molecule has 0 unspecified atom stereocenters. The number of fused-ring (bicyclic) bond motifs is 2. The van der Waals surface area contributed by atoms with Gasteiger partial charge >= 0.3 is 0 Å². The molecule has 4 nitrogen and oxygen atoms in total. The maximum atomic E-state index is 15.6. The minimum atomic E-state index is -1.41. The van der Waals surface area contributed by atoms with Crippen molar-refractivity contribution in [2.24, 2.45) is 17.8 Å². The van der Waals surface area contributed by atoms with Gasteiger partial charge in [0.05, 0.1) is 7.89 Å². The number of amides is 1. The molecule has 3 aromatic rings. The van der Waals surface area contributed by atoms with Crippen molar-refractivity contribution in [3.63, 3.8) is 0 Å². The summed E-state index contributed by atoms with van der Waals surface area (Å²) in [4.78, 5) is 28.7. The van der Waals surface area contributed by atoms with Crippen LogP contribution < -0.4 is 9.80 Å².